The minimum Gasteiger partial charge on any atom is -0.349 e. The molecule has 1 amide bonds. The lowest BCUT2D eigenvalue weighted by molar-refractivity contribution is -0.123. The fraction of sp³-hybridized carbons (Fsp3) is 0.778. The molecule has 0 spiro atoms. The number of amides is 1. The minimum atomic E-state index is -0.294. The molecule has 0 radical (unpaired) electrons. The predicted molar refractivity (Wildman–Crippen MR) is 47.7 cm³/mol. The topological polar surface area (TPSA) is 46.2 Å². The van der Waals surface area contributed by atoms with Gasteiger partial charge in [-0.25, -0.2) is 0 Å². The van der Waals surface area contributed by atoms with E-state index in [1.807, 2.05) is 13.8 Å². The summed E-state index contributed by atoms with van der Waals surface area (Å²) in [5.74, 6) is 0.309. The van der Waals surface area contributed by atoms with Crippen molar-refractivity contribution in [1.29, 1.82) is 0 Å². The molecule has 0 aliphatic rings. The number of rotatable bonds is 6. The Kier molecular flexibility index (Phi) is 5.34. The molecule has 0 saturated heterocycles. The van der Waals surface area contributed by atoms with Crippen LogP contribution in [0.3, 0.4) is 0 Å². The van der Waals surface area contributed by atoms with E-state index in [4.69, 9.17) is 0 Å². The molecule has 0 aromatic heterocycles. The van der Waals surface area contributed by atoms with Crippen LogP contribution in [-0.2, 0) is 9.59 Å². The first-order chi connectivity index (χ1) is 5.67. The lowest BCUT2D eigenvalue weighted by atomic mass is 9.92. The van der Waals surface area contributed by atoms with Crippen molar-refractivity contribution in [2.75, 3.05) is 0 Å². The van der Waals surface area contributed by atoms with E-state index in [2.05, 4.69) is 5.32 Å². The lowest BCUT2D eigenvalue weighted by Gasteiger charge is -2.21. The van der Waals surface area contributed by atoms with E-state index in [0.717, 1.165) is 12.8 Å². The van der Waals surface area contributed by atoms with Gasteiger partial charge in [-0.05, 0) is 12.8 Å². The highest BCUT2D eigenvalue weighted by Gasteiger charge is 2.21. The van der Waals surface area contributed by atoms with Gasteiger partial charge < -0.3 is 5.32 Å². The number of ketones is 1. The molecule has 0 fully saturated rings. The maximum atomic E-state index is 11.1. The van der Waals surface area contributed by atoms with Gasteiger partial charge in [0.25, 0.3) is 0 Å². The summed E-state index contributed by atoms with van der Waals surface area (Å²) in [7, 11) is 0. The van der Waals surface area contributed by atoms with Gasteiger partial charge >= 0.3 is 0 Å². The molecule has 0 unspecified atom stereocenters. The Morgan fingerprint density at radius 3 is 2.17 bits per heavy atom. The third-order valence-corrected chi connectivity index (χ3v) is 2.21. The van der Waals surface area contributed by atoms with Gasteiger partial charge in [-0.15, -0.1) is 0 Å². The van der Waals surface area contributed by atoms with Crippen LogP contribution < -0.4 is 5.32 Å². The zero-order chi connectivity index (χ0) is 9.56. The van der Waals surface area contributed by atoms with Gasteiger partial charge in [-0.1, -0.05) is 26.7 Å². The molecule has 0 heterocycles. The normalized spacial score (nSPS) is 12.7. The Bertz CT molecular complexity index is 153. The van der Waals surface area contributed by atoms with Crippen LogP contribution in [0.1, 0.15) is 33.6 Å². The molecule has 3 nitrogen and oxygen atoms in total. The van der Waals surface area contributed by atoms with Crippen LogP contribution in [0.2, 0.25) is 0 Å². The van der Waals surface area contributed by atoms with Crippen molar-refractivity contribution >= 4 is 12.2 Å². The third-order valence-electron chi connectivity index (χ3n) is 2.21. The molecular weight excluding hydrogens is 154 g/mol. The summed E-state index contributed by atoms with van der Waals surface area (Å²) >= 11 is 0. The summed E-state index contributed by atoms with van der Waals surface area (Å²) in [5.41, 5.74) is 0. The number of carbonyl (C=O) groups excluding carboxylic acids is 2. The minimum absolute atomic E-state index is 0.0378. The van der Waals surface area contributed by atoms with Gasteiger partial charge in [0.15, 0.2) is 5.78 Å². The maximum absolute atomic E-state index is 11.1. The van der Waals surface area contributed by atoms with Crippen LogP contribution in [-0.4, -0.2) is 18.2 Å². The van der Waals surface area contributed by atoms with Gasteiger partial charge in [0.05, 0.1) is 6.04 Å². The Hall–Kier alpha value is -0.860. The number of carbonyl (C=O) groups is 2. The summed E-state index contributed by atoms with van der Waals surface area (Å²) in [5, 5.41) is 2.55. The fourth-order valence-electron chi connectivity index (χ4n) is 1.42. The van der Waals surface area contributed by atoms with Crippen molar-refractivity contribution in [2.24, 2.45) is 5.92 Å². The van der Waals surface area contributed by atoms with E-state index in [1.165, 1.54) is 6.92 Å². The summed E-state index contributed by atoms with van der Waals surface area (Å²) in [4.78, 5) is 21.3. The van der Waals surface area contributed by atoms with Crippen molar-refractivity contribution in [1.82, 2.24) is 5.32 Å². The average molecular weight is 171 g/mol. The van der Waals surface area contributed by atoms with E-state index in [9.17, 15) is 9.59 Å². The van der Waals surface area contributed by atoms with E-state index in [0.29, 0.717) is 6.41 Å². The monoisotopic (exact) mass is 171 g/mol. The van der Waals surface area contributed by atoms with Gasteiger partial charge in [-0.3, -0.25) is 9.59 Å². The maximum Gasteiger partial charge on any atom is 0.207 e. The molecule has 1 N–H and O–H groups in total. The second-order valence-electron chi connectivity index (χ2n) is 2.95. The zero-order valence-electron chi connectivity index (χ0n) is 7.96. The summed E-state index contributed by atoms with van der Waals surface area (Å²) in [6, 6.07) is -0.294. The third kappa shape index (κ3) is 3.03. The van der Waals surface area contributed by atoms with Crippen LogP contribution >= 0.6 is 0 Å². The van der Waals surface area contributed by atoms with Crippen molar-refractivity contribution < 1.29 is 9.59 Å². The molecule has 0 aliphatic heterocycles. The second kappa shape index (κ2) is 5.75. The molecular formula is C9H17NO2. The van der Waals surface area contributed by atoms with Crippen LogP contribution in [0.25, 0.3) is 0 Å². The molecule has 0 rings (SSSR count). The van der Waals surface area contributed by atoms with E-state index >= 15 is 0 Å². The van der Waals surface area contributed by atoms with Crippen molar-refractivity contribution in [2.45, 2.75) is 39.7 Å². The first kappa shape index (κ1) is 11.1. The first-order valence-corrected chi connectivity index (χ1v) is 4.37. The lowest BCUT2D eigenvalue weighted by Crippen LogP contribution is -2.40. The Morgan fingerprint density at radius 1 is 1.42 bits per heavy atom. The second-order valence-corrected chi connectivity index (χ2v) is 2.95. The molecule has 70 valence electrons. The quantitative estimate of drug-likeness (QED) is 0.609. The van der Waals surface area contributed by atoms with Gasteiger partial charge in [0.2, 0.25) is 6.41 Å². The number of Topliss-reactive ketones (excluding diaryl/α,β-unsaturated/α-hetero) is 1. The summed E-state index contributed by atoms with van der Waals surface area (Å²) in [6.45, 7) is 5.56. The molecule has 1 atom stereocenters. The first-order valence-electron chi connectivity index (χ1n) is 4.37. The smallest absolute Gasteiger partial charge is 0.207 e. The van der Waals surface area contributed by atoms with Crippen LogP contribution in [0.5, 0.6) is 0 Å². The number of hydrogen-bond donors (Lipinski definition) is 1. The predicted octanol–water partition coefficient (Wildman–Crippen LogP) is 1.13. The van der Waals surface area contributed by atoms with Gasteiger partial charge in [0.1, 0.15) is 0 Å². The van der Waals surface area contributed by atoms with Crippen molar-refractivity contribution in [3.05, 3.63) is 0 Å². The standard InChI is InChI=1S/C9H17NO2/c1-4-8(5-2)9(7(3)12)10-6-11/h6,8-9H,4-5H2,1-3H3,(H,10,11)/t9-/m0/s1. The van der Waals surface area contributed by atoms with E-state index in [1.54, 1.807) is 0 Å². The van der Waals surface area contributed by atoms with E-state index < -0.39 is 0 Å². The molecule has 0 saturated carbocycles. The molecule has 3 heteroatoms. The van der Waals surface area contributed by atoms with Gasteiger partial charge in [0, 0.05) is 0 Å². The number of nitrogens with one attached hydrogen (secondary N) is 1. The van der Waals surface area contributed by atoms with Crippen LogP contribution in [0.4, 0.5) is 0 Å². The van der Waals surface area contributed by atoms with Crippen LogP contribution in [0, 0.1) is 5.92 Å². The fourth-order valence-corrected chi connectivity index (χ4v) is 1.42. The Balaban J connectivity index is 4.24. The van der Waals surface area contributed by atoms with Crippen LogP contribution in [0.15, 0.2) is 0 Å². The van der Waals surface area contributed by atoms with E-state index in [-0.39, 0.29) is 17.7 Å². The SMILES string of the molecule is CCC(CC)[C@@H](NC=O)C(C)=O. The highest BCUT2D eigenvalue weighted by Crippen LogP contribution is 2.13. The summed E-state index contributed by atoms with van der Waals surface area (Å²) < 4.78 is 0. The zero-order valence-corrected chi connectivity index (χ0v) is 7.96. The molecule has 0 aromatic carbocycles. The highest BCUT2D eigenvalue weighted by molar-refractivity contribution is 5.83. The molecule has 0 aliphatic carbocycles. The van der Waals surface area contributed by atoms with Crippen molar-refractivity contribution in [3.8, 4) is 0 Å². The molecule has 0 aromatic rings. The average Bonchev–Trinajstić information content (AvgIpc) is 2.05. The Labute approximate surface area is 73.5 Å². The number of hydrogen-bond acceptors (Lipinski definition) is 2. The molecule has 0 bridgehead atoms. The largest absolute Gasteiger partial charge is 0.349 e. The van der Waals surface area contributed by atoms with Crippen molar-refractivity contribution in [3.63, 3.8) is 0 Å². The highest BCUT2D eigenvalue weighted by atomic mass is 16.1. The molecule has 12 heavy (non-hydrogen) atoms. The Morgan fingerprint density at radius 2 is 1.92 bits per heavy atom. The van der Waals surface area contributed by atoms with Gasteiger partial charge in [-0.2, -0.15) is 0 Å². The summed E-state index contributed by atoms with van der Waals surface area (Å²) in [6.07, 6.45) is 2.44.